The summed E-state index contributed by atoms with van der Waals surface area (Å²) >= 11 is 6.31. The molecular formula is C23H15ClN2O4. The lowest BCUT2D eigenvalue weighted by Crippen LogP contribution is -2.07. The highest BCUT2D eigenvalue weighted by atomic mass is 35.5. The molecule has 6 nitrogen and oxygen atoms in total. The van der Waals surface area contributed by atoms with Gasteiger partial charge in [0.1, 0.15) is 6.61 Å². The molecule has 0 N–H and O–H groups in total. The van der Waals surface area contributed by atoms with Crippen LogP contribution in [0, 0.1) is 10.1 Å². The molecule has 0 unspecified atom stereocenters. The van der Waals surface area contributed by atoms with E-state index >= 15 is 0 Å². The van der Waals surface area contributed by atoms with Crippen LogP contribution in [-0.4, -0.2) is 15.9 Å². The van der Waals surface area contributed by atoms with Gasteiger partial charge < -0.3 is 4.74 Å². The van der Waals surface area contributed by atoms with Gasteiger partial charge in [-0.1, -0.05) is 48.0 Å². The highest BCUT2D eigenvalue weighted by molar-refractivity contribution is 6.33. The van der Waals surface area contributed by atoms with Crippen LogP contribution < -0.4 is 0 Å². The average Bonchev–Trinajstić information content (AvgIpc) is 2.77. The van der Waals surface area contributed by atoms with E-state index in [-0.39, 0.29) is 12.3 Å². The van der Waals surface area contributed by atoms with Crippen molar-refractivity contribution < 1.29 is 14.5 Å². The molecule has 3 aromatic carbocycles. The monoisotopic (exact) mass is 418 g/mol. The van der Waals surface area contributed by atoms with E-state index in [2.05, 4.69) is 4.98 Å². The molecule has 1 aromatic heterocycles. The van der Waals surface area contributed by atoms with Crippen molar-refractivity contribution in [3.63, 3.8) is 0 Å². The van der Waals surface area contributed by atoms with Crippen LogP contribution in [0.1, 0.15) is 15.9 Å². The number of para-hydroxylation sites is 1. The number of fused-ring (bicyclic) bond motifs is 1. The molecule has 0 saturated heterocycles. The number of hydrogen-bond donors (Lipinski definition) is 0. The Morgan fingerprint density at radius 3 is 2.43 bits per heavy atom. The first-order chi connectivity index (χ1) is 14.5. The van der Waals surface area contributed by atoms with E-state index in [0.29, 0.717) is 38.3 Å². The van der Waals surface area contributed by atoms with Crippen molar-refractivity contribution in [2.75, 3.05) is 0 Å². The van der Waals surface area contributed by atoms with E-state index in [9.17, 15) is 14.9 Å². The largest absolute Gasteiger partial charge is 0.457 e. The number of halogens is 1. The van der Waals surface area contributed by atoms with Crippen LogP contribution in [0.15, 0.2) is 78.9 Å². The van der Waals surface area contributed by atoms with Gasteiger partial charge in [-0.2, -0.15) is 0 Å². The fourth-order valence-corrected chi connectivity index (χ4v) is 3.32. The Kier molecular flexibility index (Phi) is 5.41. The lowest BCUT2D eigenvalue weighted by atomic mass is 10.0. The van der Waals surface area contributed by atoms with Gasteiger partial charge in [0.25, 0.3) is 5.69 Å². The maximum atomic E-state index is 12.9. The third-order valence-electron chi connectivity index (χ3n) is 4.60. The number of carbonyl (C=O) groups is 1. The molecule has 0 spiro atoms. The maximum Gasteiger partial charge on any atom is 0.339 e. The maximum absolute atomic E-state index is 12.9. The van der Waals surface area contributed by atoms with Gasteiger partial charge in [0.2, 0.25) is 0 Å². The number of aromatic nitrogens is 1. The Hall–Kier alpha value is -3.77. The molecule has 7 heteroatoms. The minimum absolute atomic E-state index is 0.00506. The molecule has 0 aliphatic carbocycles. The number of carbonyl (C=O) groups excluding carboxylic acids is 1. The number of benzene rings is 3. The van der Waals surface area contributed by atoms with Crippen LogP contribution in [0.3, 0.4) is 0 Å². The summed E-state index contributed by atoms with van der Waals surface area (Å²) in [6.07, 6.45) is 0. The summed E-state index contributed by atoms with van der Waals surface area (Å²) in [4.78, 5) is 27.8. The van der Waals surface area contributed by atoms with Crippen molar-refractivity contribution in [3.8, 4) is 11.3 Å². The number of pyridine rings is 1. The number of hydrogen-bond acceptors (Lipinski definition) is 5. The summed E-state index contributed by atoms with van der Waals surface area (Å²) in [6.45, 7) is -0.00506. The smallest absolute Gasteiger partial charge is 0.339 e. The van der Waals surface area contributed by atoms with Crippen LogP contribution in [0.5, 0.6) is 0 Å². The lowest BCUT2D eigenvalue weighted by Gasteiger charge is -2.11. The van der Waals surface area contributed by atoms with E-state index < -0.39 is 10.9 Å². The van der Waals surface area contributed by atoms with E-state index in [4.69, 9.17) is 16.3 Å². The Balaban J connectivity index is 1.66. The van der Waals surface area contributed by atoms with Crippen molar-refractivity contribution in [2.45, 2.75) is 6.61 Å². The van der Waals surface area contributed by atoms with E-state index in [1.165, 1.54) is 12.1 Å². The summed E-state index contributed by atoms with van der Waals surface area (Å²) < 4.78 is 5.47. The lowest BCUT2D eigenvalue weighted by molar-refractivity contribution is -0.384. The highest BCUT2D eigenvalue weighted by Gasteiger charge is 2.16. The quantitative estimate of drug-likeness (QED) is 0.231. The second kappa shape index (κ2) is 8.31. The molecule has 0 radical (unpaired) electrons. The topological polar surface area (TPSA) is 82.3 Å². The fourth-order valence-electron chi connectivity index (χ4n) is 3.09. The van der Waals surface area contributed by atoms with Crippen molar-refractivity contribution in [1.29, 1.82) is 0 Å². The minimum Gasteiger partial charge on any atom is -0.457 e. The zero-order valence-electron chi connectivity index (χ0n) is 15.6. The standard InChI is InChI=1S/C23H15ClN2O4/c24-20-7-3-1-6-18(20)22-13-19(17-5-2-4-8-21(17)25-22)23(27)30-14-15-9-11-16(12-10-15)26(28)29/h1-13H,14H2. The van der Waals surface area contributed by atoms with Crippen molar-refractivity contribution in [1.82, 2.24) is 4.98 Å². The number of rotatable bonds is 5. The summed E-state index contributed by atoms with van der Waals surface area (Å²) in [5.41, 5.74) is 2.94. The minimum atomic E-state index is -0.514. The Morgan fingerprint density at radius 1 is 1.00 bits per heavy atom. The summed E-state index contributed by atoms with van der Waals surface area (Å²) in [6, 6.07) is 22.1. The van der Waals surface area contributed by atoms with Gasteiger partial charge in [-0.15, -0.1) is 0 Å². The molecular weight excluding hydrogens is 404 g/mol. The number of nitrogens with zero attached hydrogens (tertiary/aromatic N) is 2. The third-order valence-corrected chi connectivity index (χ3v) is 4.93. The van der Waals surface area contributed by atoms with E-state index in [0.717, 1.165) is 0 Å². The number of ether oxygens (including phenoxy) is 1. The van der Waals surface area contributed by atoms with Crippen molar-refractivity contribution in [2.24, 2.45) is 0 Å². The van der Waals surface area contributed by atoms with Gasteiger partial charge in [-0.25, -0.2) is 9.78 Å². The summed E-state index contributed by atoms with van der Waals surface area (Å²) in [5.74, 6) is -0.514. The van der Waals surface area contributed by atoms with Crippen LogP contribution in [0.4, 0.5) is 5.69 Å². The number of nitro groups is 1. The Bertz CT molecular complexity index is 1260. The first-order valence-corrected chi connectivity index (χ1v) is 9.46. The predicted octanol–water partition coefficient (Wildman–Crippen LogP) is 5.82. The normalized spacial score (nSPS) is 10.7. The number of esters is 1. The van der Waals surface area contributed by atoms with Crippen molar-refractivity contribution >= 4 is 34.2 Å². The molecule has 4 rings (SSSR count). The van der Waals surface area contributed by atoms with Crippen molar-refractivity contribution in [3.05, 3.63) is 105 Å². The second-order valence-corrected chi connectivity index (χ2v) is 6.96. The van der Waals surface area contributed by atoms with Gasteiger partial charge in [0.15, 0.2) is 0 Å². The first-order valence-electron chi connectivity index (χ1n) is 9.08. The molecule has 4 aromatic rings. The summed E-state index contributed by atoms with van der Waals surface area (Å²) in [7, 11) is 0. The van der Waals surface area contributed by atoms with Crippen LogP contribution >= 0.6 is 11.6 Å². The van der Waals surface area contributed by atoms with Gasteiger partial charge in [0.05, 0.1) is 21.7 Å². The third kappa shape index (κ3) is 3.99. The summed E-state index contributed by atoms with van der Waals surface area (Å²) in [5, 5.41) is 12.0. The van der Waals surface area contributed by atoms with Crippen LogP contribution in [0.25, 0.3) is 22.2 Å². The average molecular weight is 419 g/mol. The van der Waals surface area contributed by atoms with Crippen LogP contribution in [-0.2, 0) is 11.3 Å². The molecule has 0 aliphatic heterocycles. The molecule has 0 amide bonds. The highest BCUT2D eigenvalue weighted by Crippen LogP contribution is 2.30. The zero-order valence-corrected chi connectivity index (χ0v) is 16.4. The first kappa shape index (κ1) is 19.5. The van der Waals surface area contributed by atoms with Gasteiger partial charge in [-0.3, -0.25) is 10.1 Å². The fraction of sp³-hybridized carbons (Fsp3) is 0.0435. The Morgan fingerprint density at radius 2 is 1.70 bits per heavy atom. The SMILES string of the molecule is O=C(OCc1ccc([N+](=O)[O-])cc1)c1cc(-c2ccccc2Cl)nc2ccccc12. The molecule has 0 fully saturated rings. The van der Waals surface area contributed by atoms with Gasteiger partial charge >= 0.3 is 5.97 Å². The molecule has 0 atom stereocenters. The molecule has 0 bridgehead atoms. The molecule has 0 saturated carbocycles. The Labute approximate surface area is 176 Å². The predicted molar refractivity (Wildman–Crippen MR) is 114 cm³/mol. The number of non-ortho nitro benzene ring substituents is 1. The number of nitro benzene ring substituents is 1. The molecule has 30 heavy (non-hydrogen) atoms. The molecule has 0 aliphatic rings. The van der Waals surface area contributed by atoms with Crippen LogP contribution in [0.2, 0.25) is 5.02 Å². The van der Waals surface area contributed by atoms with E-state index in [1.807, 2.05) is 36.4 Å². The molecule has 1 heterocycles. The molecule has 148 valence electrons. The van der Waals surface area contributed by atoms with E-state index in [1.54, 1.807) is 30.3 Å². The van der Waals surface area contributed by atoms with Gasteiger partial charge in [-0.05, 0) is 35.9 Å². The second-order valence-electron chi connectivity index (χ2n) is 6.55. The van der Waals surface area contributed by atoms with Gasteiger partial charge in [0, 0.05) is 28.1 Å². The zero-order chi connectivity index (χ0) is 21.1.